The number of hydrogen-bond donors (Lipinski definition) is 2. The maximum absolute atomic E-state index is 11.8. The summed E-state index contributed by atoms with van der Waals surface area (Å²) in [5.74, 6) is 0.984. The highest BCUT2D eigenvalue weighted by Gasteiger charge is 2.11. The highest BCUT2D eigenvalue weighted by molar-refractivity contribution is 5.92. The van der Waals surface area contributed by atoms with Crippen LogP contribution in [-0.4, -0.2) is 17.4 Å². The highest BCUT2D eigenvalue weighted by atomic mass is 16.4. The lowest BCUT2D eigenvalue weighted by Gasteiger charge is -2.10. The Labute approximate surface area is 111 Å². The zero-order valence-corrected chi connectivity index (χ0v) is 11.0. The van der Waals surface area contributed by atoms with Gasteiger partial charge in [-0.15, -0.1) is 0 Å². The second-order valence-corrected chi connectivity index (χ2v) is 4.48. The molecule has 2 aromatic rings. The van der Waals surface area contributed by atoms with Crippen molar-refractivity contribution in [2.45, 2.75) is 13.8 Å². The molecule has 5 nitrogen and oxygen atoms in total. The molecular formula is C14H17N3O2. The molecule has 0 radical (unpaired) electrons. The molecule has 19 heavy (non-hydrogen) atoms. The lowest BCUT2D eigenvalue weighted by atomic mass is 10.1. The van der Waals surface area contributed by atoms with Crippen LogP contribution >= 0.6 is 0 Å². The number of nitrogens with two attached hydrogens (primary N) is 1. The molecule has 1 aromatic carbocycles. The fraction of sp³-hybridized carbons (Fsp3) is 0.286. The van der Waals surface area contributed by atoms with Crippen molar-refractivity contribution in [1.29, 1.82) is 0 Å². The van der Waals surface area contributed by atoms with Crippen molar-refractivity contribution in [3.05, 3.63) is 36.2 Å². The van der Waals surface area contributed by atoms with Crippen LogP contribution in [0.2, 0.25) is 0 Å². The topological polar surface area (TPSA) is 81.2 Å². The average Bonchev–Trinajstić information content (AvgIpc) is 2.84. The zero-order chi connectivity index (χ0) is 13.8. The van der Waals surface area contributed by atoms with Crippen LogP contribution in [0.5, 0.6) is 0 Å². The second-order valence-electron chi connectivity index (χ2n) is 4.48. The van der Waals surface area contributed by atoms with E-state index in [1.807, 2.05) is 31.2 Å². The number of carbonyl (C=O) groups excluding carboxylic acids is 1. The van der Waals surface area contributed by atoms with E-state index in [2.05, 4.69) is 10.3 Å². The van der Waals surface area contributed by atoms with Gasteiger partial charge in [-0.05, 0) is 25.1 Å². The van der Waals surface area contributed by atoms with Crippen LogP contribution in [0.4, 0.5) is 5.69 Å². The minimum atomic E-state index is -0.215. The Bertz CT molecular complexity index is 578. The van der Waals surface area contributed by atoms with Gasteiger partial charge in [-0.3, -0.25) is 4.79 Å². The molecule has 1 atom stereocenters. The summed E-state index contributed by atoms with van der Waals surface area (Å²) >= 11 is 0. The molecule has 0 aliphatic heterocycles. The van der Waals surface area contributed by atoms with Crippen molar-refractivity contribution in [3.63, 3.8) is 0 Å². The van der Waals surface area contributed by atoms with Crippen LogP contribution in [-0.2, 0) is 4.79 Å². The molecule has 0 fully saturated rings. The molecule has 0 saturated carbocycles. The molecule has 100 valence electrons. The molecule has 3 N–H and O–H groups in total. The molecule has 0 spiro atoms. The largest absolute Gasteiger partial charge is 0.441 e. The number of benzene rings is 1. The van der Waals surface area contributed by atoms with E-state index in [-0.39, 0.29) is 11.8 Å². The van der Waals surface area contributed by atoms with Gasteiger partial charge in [0.25, 0.3) is 0 Å². The summed E-state index contributed by atoms with van der Waals surface area (Å²) in [5, 5.41) is 2.82. The highest BCUT2D eigenvalue weighted by Crippen LogP contribution is 2.22. The quantitative estimate of drug-likeness (QED) is 0.881. The summed E-state index contributed by atoms with van der Waals surface area (Å²) in [6, 6.07) is 7.37. The Morgan fingerprint density at radius 3 is 2.95 bits per heavy atom. The Hall–Kier alpha value is -2.14. The van der Waals surface area contributed by atoms with E-state index in [0.29, 0.717) is 18.1 Å². The number of aryl methyl sites for hydroxylation is 1. The summed E-state index contributed by atoms with van der Waals surface area (Å²) in [6.45, 7) is 3.95. The number of aromatic nitrogens is 1. The number of amides is 1. The molecule has 5 heteroatoms. The Kier molecular flexibility index (Phi) is 3.97. The number of hydrogen-bond acceptors (Lipinski definition) is 4. The normalized spacial score (nSPS) is 12.2. The van der Waals surface area contributed by atoms with Crippen LogP contribution in [0, 0.1) is 12.8 Å². The Balaban J connectivity index is 2.18. The molecular weight excluding hydrogens is 242 g/mol. The standard InChI is InChI=1S/C14H17N3O2/c1-9(7-15)13(18)17-12-5-3-4-11(6-12)14-16-8-10(2)19-14/h3-6,8-9H,7,15H2,1-2H3,(H,17,18). The van der Waals surface area contributed by atoms with Gasteiger partial charge < -0.3 is 15.5 Å². The van der Waals surface area contributed by atoms with Crippen molar-refractivity contribution in [2.75, 3.05) is 11.9 Å². The predicted octanol–water partition coefficient (Wildman–Crippen LogP) is 2.18. The first-order chi connectivity index (χ1) is 9.10. The minimum absolute atomic E-state index is 0.0942. The second kappa shape index (κ2) is 5.67. The van der Waals surface area contributed by atoms with Gasteiger partial charge in [0.05, 0.1) is 6.20 Å². The number of anilines is 1. The van der Waals surface area contributed by atoms with Crippen molar-refractivity contribution in [2.24, 2.45) is 11.7 Å². The third-order valence-corrected chi connectivity index (χ3v) is 2.80. The minimum Gasteiger partial charge on any atom is -0.441 e. The SMILES string of the molecule is Cc1cnc(-c2cccc(NC(=O)C(C)CN)c2)o1. The van der Waals surface area contributed by atoms with Gasteiger partial charge in [-0.25, -0.2) is 4.98 Å². The fourth-order valence-corrected chi connectivity index (χ4v) is 1.59. The third kappa shape index (κ3) is 3.20. The van der Waals surface area contributed by atoms with E-state index in [4.69, 9.17) is 10.2 Å². The Morgan fingerprint density at radius 2 is 2.32 bits per heavy atom. The molecule has 1 unspecified atom stereocenters. The lowest BCUT2D eigenvalue weighted by Crippen LogP contribution is -2.26. The van der Waals surface area contributed by atoms with Gasteiger partial charge in [0.15, 0.2) is 0 Å². The van der Waals surface area contributed by atoms with E-state index in [0.717, 1.165) is 11.3 Å². The molecule has 1 amide bonds. The van der Waals surface area contributed by atoms with E-state index in [9.17, 15) is 4.79 Å². The van der Waals surface area contributed by atoms with Crippen molar-refractivity contribution in [1.82, 2.24) is 4.98 Å². The summed E-state index contributed by atoms with van der Waals surface area (Å²) in [7, 11) is 0. The van der Waals surface area contributed by atoms with Crippen molar-refractivity contribution < 1.29 is 9.21 Å². The van der Waals surface area contributed by atoms with Gasteiger partial charge in [-0.1, -0.05) is 13.0 Å². The predicted molar refractivity (Wildman–Crippen MR) is 73.5 cm³/mol. The van der Waals surface area contributed by atoms with Gasteiger partial charge in [0.1, 0.15) is 5.76 Å². The van der Waals surface area contributed by atoms with E-state index >= 15 is 0 Å². The maximum atomic E-state index is 11.8. The number of carbonyl (C=O) groups is 1. The average molecular weight is 259 g/mol. The number of nitrogens with one attached hydrogen (secondary N) is 1. The fourth-order valence-electron chi connectivity index (χ4n) is 1.59. The van der Waals surface area contributed by atoms with Crippen LogP contribution < -0.4 is 11.1 Å². The van der Waals surface area contributed by atoms with Crippen molar-refractivity contribution in [3.8, 4) is 11.5 Å². The molecule has 2 rings (SSSR count). The zero-order valence-electron chi connectivity index (χ0n) is 11.0. The lowest BCUT2D eigenvalue weighted by molar-refractivity contribution is -0.119. The summed E-state index contributed by atoms with van der Waals surface area (Å²) in [5.41, 5.74) is 7.00. The maximum Gasteiger partial charge on any atom is 0.228 e. The van der Waals surface area contributed by atoms with Gasteiger partial charge in [-0.2, -0.15) is 0 Å². The van der Waals surface area contributed by atoms with E-state index in [1.54, 1.807) is 13.1 Å². The van der Waals surface area contributed by atoms with Gasteiger partial charge in [0, 0.05) is 23.7 Å². The van der Waals surface area contributed by atoms with Crippen LogP contribution in [0.25, 0.3) is 11.5 Å². The Morgan fingerprint density at radius 1 is 1.53 bits per heavy atom. The summed E-state index contributed by atoms with van der Waals surface area (Å²) in [6.07, 6.45) is 1.66. The molecule has 0 aliphatic carbocycles. The first-order valence-corrected chi connectivity index (χ1v) is 6.14. The number of rotatable bonds is 4. The van der Waals surface area contributed by atoms with Crippen LogP contribution in [0.3, 0.4) is 0 Å². The van der Waals surface area contributed by atoms with Gasteiger partial charge >= 0.3 is 0 Å². The monoisotopic (exact) mass is 259 g/mol. The van der Waals surface area contributed by atoms with E-state index < -0.39 is 0 Å². The smallest absolute Gasteiger partial charge is 0.228 e. The molecule has 0 aliphatic rings. The summed E-state index contributed by atoms with van der Waals surface area (Å²) in [4.78, 5) is 15.9. The molecule has 1 heterocycles. The van der Waals surface area contributed by atoms with Crippen LogP contribution in [0.15, 0.2) is 34.9 Å². The molecule has 0 saturated heterocycles. The van der Waals surface area contributed by atoms with E-state index in [1.165, 1.54) is 0 Å². The first-order valence-electron chi connectivity index (χ1n) is 6.14. The van der Waals surface area contributed by atoms with Gasteiger partial charge in [0.2, 0.25) is 11.8 Å². The van der Waals surface area contributed by atoms with Crippen molar-refractivity contribution >= 4 is 11.6 Å². The number of nitrogens with zero attached hydrogens (tertiary/aromatic N) is 1. The first kappa shape index (κ1) is 13.3. The molecule has 0 bridgehead atoms. The summed E-state index contributed by atoms with van der Waals surface area (Å²) < 4.78 is 5.45. The molecule has 1 aromatic heterocycles. The third-order valence-electron chi connectivity index (χ3n) is 2.80. The van der Waals surface area contributed by atoms with Crippen LogP contribution in [0.1, 0.15) is 12.7 Å². The number of oxazole rings is 1.